The molecule has 3 aromatic rings. The van der Waals surface area contributed by atoms with Crippen LogP contribution in [0.3, 0.4) is 0 Å². The van der Waals surface area contributed by atoms with Crippen molar-refractivity contribution < 1.29 is 19.4 Å². The van der Waals surface area contributed by atoms with Crippen molar-refractivity contribution in [1.29, 1.82) is 0 Å². The predicted molar refractivity (Wildman–Crippen MR) is 142 cm³/mol. The van der Waals surface area contributed by atoms with Gasteiger partial charge in [0, 0.05) is 42.0 Å². The normalized spacial score (nSPS) is 22.1. The number of carboxylic acid groups (broad SMARTS) is 1. The Bertz CT molecular complexity index is 1230. The molecule has 0 saturated carbocycles. The van der Waals surface area contributed by atoms with Gasteiger partial charge in [0.2, 0.25) is 0 Å². The average molecular weight is 526 g/mol. The third-order valence-corrected chi connectivity index (χ3v) is 8.25. The number of methoxy groups -OCH3 is 1. The lowest BCUT2D eigenvalue weighted by atomic mass is 9.83. The van der Waals surface area contributed by atoms with Crippen molar-refractivity contribution in [2.45, 2.75) is 50.6 Å². The Labute approximate surface area is 219 Å². The van der Waals surface area contributed by atoms with E-state index < -0.39 is 17.6 Å². The zero-order valence-corrected chi connectivity index (χ0v) is 22.6. The highest BCUT2D eigenvalue weighted by atomic mass is 32.1. The highest BCUT2D eigenvalue weighted by Gasteiger charge is 2.59. The molecule has 2 aromatic heterocycles. The van der Waals surface area contributed by atoms with Crippen molar-refractivity contribution in [2.24, 2.45) is 5.92 Å². The summed E-state index contributed by atoms with van der Waals surface area (Å²) >= 11 is 2.82. The summed E-state index contributed by atoms with van der Waals surface area (Å²) in [6.45, 7) is 10.6. The molecule has 0 spiro atoms. The van der Waals surface area contributed by atoms with E-state index in [4.69, 9.17) is 4.74 Å². The van der Waals surface area contributed by atoms with Crippen LogP contribution in [0.15, 0.2) is 47.2 Å². The number of benzene rings is 1. The second-order valence-corrected chi connectivity index (χ2v) is 11.8. The molecule has 1 fully saturated rings. The van der Waals surface area contributed by atoms with Gasteiger partial charge < -0.3 is 14.7 Å². The minimum atomic E-state index is -1.50. The molecule has 0 bridgehead atoms. The number of carbonyl (C=O) groups excluding carboxylic acids is 1. The van der Waals surface area contributed by atoms with E-state index in [1.54, 1.807) is 31.0 Å². The van der Waals surface area contributed by atoms with Gasteiger partial charge in [-0.2, -0.15) is 0 Å². The largest absolute Gasteiger partial charge is 0.479 e. The molecule has 0 unspecified atom stereocenters. The number of aromatic nitrogens is 2. The highest BCUT2D eigenvalue weighted by molar-refractivity contribution is 7.09. The smallest absolute Gasteiger partial charge is 0.330 e. The zero-order chi connectivity index (χ0) is 26.1. The van der Waals surface area contributed by atoms with Gasteiger partial charge in [0.25, 0.3) is 5.91 Å². The number of carbonyl (C=O) groups is 2. The lowest BCUT2D eigenvalue weighted by Gasteiger charge is -2.37. The Balaban J connectivity index is 1.89. The van der Waals surface area contributed by atoms with Crippen LogP contribution < -0.4 is 0 Å². The molecule has 36 heavy (non-hydrogen) atoms. The number of amides is 1. The Morgan fingerprint density at radius 1 is 1.33 bits per heavy atom. The van der Waals surface area contributed by atoms with Crippen LogP contribution in [0.1, 0.15) is 65.4 Å². The van der Waals surface area contributed by atoms with Crippen LogP contribution in [0.5, 0.6) is 0 Å². The van der Waals surface area contributed by atoms with Crippen LogP contribution in [0.2, 0.25) is 0 Å². The molecule has 3 atom stereocenters. The van der Waals surface area contributed by atoms with E-state index in [9.17, 15) is 14.7 Å². The molecule has 4 rings (SSSR count). The molecule has 1 saturated heterocycles. The lowest BCUT2D eigenvalue weighted by Crippen LogP contribution is -2.55. The fraction of sp³-hybridized carbons (Fsp3) is 0.407. The number of ether oxygens (including phenoxy) is 1. The summed E-state index contributed by atoms with van der Waals surface area (Å²) < 4.78 is 5.50. The van der Waals surface area contributed by atoms with E-state index in [-0.39, 0.29) is 30.1 Å². The molecule has 0 aliphatic carbocycles. The number of hydrogen-bond acceptors (Lipinski definition) is 7. The molecule has 1 aliphatic heterocycles. The highest BCUT2D eigenvalue weighted by Crippen LogP contribution is 2.50. The molecule has 1 aromatic carbocycles. The standard InChI is InChI=1S/C27H31N3O4S2/c1-6-17-11-18(7-8-21(17)26(2,3)4)24(31)30-22(23-28-9-10-36-23)19(14-34-5)12-27(30,25(32)33)13-20-15-35-16-29-20/h6-11,15-16,19,22H,1,12-14H2,2-5H3,(H,32,33)/t19-,22-,27-/m1/s1. The van der Waals surface area contributed by atoms with Gasteiger partial charge >= 0.3 is 5.97 Å². The Morgan fingerprint density at radius 3 is 2.67 bits per heavy atom. The maximum atomic E-state index is 14.3. The summed E-state index contributed by atoms with van der Waals surface area (Å²) in [5, 5.41) is 15.1. The molecule has 0 radical (unpaired) electrons. The van der Waals surface area contributed by atoms with Gasteiger partial charge in [-0.3, -0.25) is 4.79 Å². The van der Waals surface area contributed by atoms with Crippen LogP contribution in [0, 0.1) is 5.92 Å². The number of nitrogens with zero attached hydrogens (tertiary/aromatic N) is 3. The maximum Gasteiger partial charge on any atom is 0.330 e. The number of likely N-dealkylation sites (tertiary alicyclic amines) is 1. The second-order valence-electron chi connectivity index (χ2n) is 10.2. The fourth-order valence-corrected chi connectivity index (χ4v) is 6.61. The monoisotopic (exact) mass is 525 g/mol. The van der Waals surface area contributed by atoms with Crippen molar-refractivity contribution in [3.8, 4) is 0 Å². The quantitative estimate of drug-likeness (QED) is 0.420. The Hall–Kier alpha value is -2.88. The van der Waals surface area contributed by atoms with Crippen LogP contribution in [-0.4, -0.2) is 51.1 Å². The average Bonchev–Trinajstić information content (AvgIpc) is 3.59. The van der Waals surface area contributed by atoms with Gasteiger partial charge in [0.1, 0.15) is 10.5 Å². The molecular formula is C27H31N3O4S2. The third kappa shape index (κ3) is 4.75. The molecule has 9 heteroatoms. The minimum absolute atomic E-state index is 0.105. The van der Waals surface area contributed by atoms with Crippen LogP contribution >= 0.6 is 22.7 Å². The second kappa shape index (κ2) is 10.2. The predicted octanol–water partition coefficient (Wildman–Crippen LogP) is 5.46. The molecule has 1 amide bonds. The first-order chi connectivity index (χ1) is 17.1. The van der Waals surface area contributed by atoms with E-state index in [0.717, 1.165) is 11.1 Å². The van der Waals surface area contributed by atoms with Gasteiger partial charge in [0.05, 0.1) is 23.9 Å². The van der Waals surface area contributed by atoms with Gasteiger partial charge in [-0.25, -0.2) is 14.8 Å². The minimum Gasteiger partial charge on any atom is -0.479 e. The number of carboxylic acids is 1. The number of thiazole rings is 2. The van der Waals surface area contributed by atoms with Crippen LogP contribution in [0.25, 0.3) is 6.08 Å². The summed E-state index contributed by atoms with van der Waals surface area (Å²) in [7, 11) is 1.59. The Kier molecular flexibility index (Phi) is 7.45. The topological polar surface area (TPSA) is 92.6 Å². The lowest BCUT2D eigenvalue weighted by molar-refractivity contribution is -0.149. The summed E-state index contributed by atoms with van der Waals surface area (Å²) in [5.74, 6) is -1.65. The van der Waals surface area contributed by atoms with E-state index in [1.807, 2.05) is 22.9 Å². The number of hydrogen-bond donors (Lipinski definition) is 1. The van der Waals surface area contributed by atoms with Gasteiger partial charge in [-0.1, -0.05) is 39.5 Å². The molecular weight excluding hydrogens is 494 g/mol. The molecule has 190 valence electrons. The van der Waals surface area contributed by atoms with Gasteiger partial charge in [-0.05, 0) is 35.1 Å². The number of rotatable bonds is 8. The number of aliphatic carboxylic acids is 1. The van der Waals surface area contributed by atoms with E-state index in [1.165, 1.54) is 27.6 Å². The fourth-order valence-electron chi connectivity index (χ4n) is 5.23. The SMILES string of the molecule is C=Cc1cc(C(=O)N2[C@@H](c3nccs3)[C@@H](COC)C[C@@]2(Cc2cscn2)C(=O)O)ccc1C(C)(C)C. The Morgan fingerprint density at radius 2 is 2.11 bits per heavy atom. The molecule has 1 N–H and O–H groups in total. The molecule has 7 nitrogen and oxygen atoms in total. The summed E-state index contributed by atoms with van der Waals surface area (Å²) in [6, 6.07) is 5.00. The van der Waals surface area contributed by atoms with Gasteiger partial charge in [0.15, 0.2) is 0 Å². The van der Waals surface area contributed by atoms with Gasteiger partial charge in [-0.15, -0.1) is 22.7 Å². The van der Waals surface area contributed by atoms with Crippen LogP contribution in [-0.2, 0) is 21.4 Å². The summed E-state index contributed by atoms with van der Waals surface area (Å²) in [6.07, 6.45) is 3.76. The van der Waals surface area contributed by atoms with E-state index in [2.05, 4.69) is 37.3 Å². The first-order valence-electron chi connectivity index (χ1n) is 11.7. The van der Waals surface area contributed by atoms with E-state index >= 15 is 0 Å². The zero-order valence-electron chi connectivity index (χ0n) is 20.9. The van der Waals surface area contributed by atoms with Crippen molar-refractivity contribution in [3.63, 3.8) is 0 Å². The first kappa shape index (κ1) is 26.2. The maximum absolute atomic E-state index is 14.3. The summed E-state index contributed by atoms with van der Waals surface area (Å²) in [4.78, 5) is 37.8. The summed E-state index contributed by atoms with van der Waals surface area (Å²) in [5.41, 5.74) is 3.03. The van der Waals surface area contributed by atoms with Crippen LogP contribution in [0.4, 0.5) is 0 Å². The molecule has 1 aliphatic rings. The molecule has 3 heterocycles. The van der Waals surface area contributed by atoms with Crippen molar-refractivity contribution >= 4 is 40.6 Å². The van der Waals surface area contributed by atoms with Crippen molar-refractivity contribution in [1.82, 2.24) is 14.9 Å². The van der Waals surface area contributed by atoms with Crippen molar-refractivity contribution in [3.05, 3.63) is 74.6 Å². The van der Waals surface area contributed by atoms with Crippen molar-refractivity contribution in [2.75, 3.05) is 13.7 Å². The van der Waals surface area contributed by atoms with E-state index in [0.29, 0.717) is 22.9 Å². The first-order valence-corrected chi connectivity index (χ1v) is 13.5. The third-order valence-electron chi connectivity index (χ3n) is 6.77.